The third-order valence-electron chi connectivity index (χ3n) is 4.86. The fraction of sp³-hybridized carbons (Fsp3) is 0.350. The van der Waals surface area contributed by atoms with Gasteiger partial charge in [0.15, 0.2) is 0 Å². The van der Waals surface area contributed by atoms with Crippen molar-refractivity contribution in [2.45, 2.75) is 44.7 Å². The van der Waals surface area contributed by atoms with Crippen molar-refractivity contribution in [2.75, 3.05) is 0 Å². The number of hydrogen-bond acceptors (Lipinski definition) is 4. The fourth-order valence-corrected chi connectivity index (χ4v) is 3.73. The van der Waals surface area contributed by atoms with Gasteiger partial charge in [-0.05, 0) is 49.2 Å². The Bertz CT molecular complexity index is 910. The first kappa shape index (κ1) is 18.0. The molecule has 1 aromatic carbocycles. The van der Waals surface area contributed by atoms with Gasteiger partial charge < -0.3 is 14.4 Å². The number of amides is 1. The molecule has 0 bridgehead atoms. The summed E-state index contributed by atoms with van der Waals surface area (Å²) in [5.41, 5.74) is 1.62. The van der Waals surface area contributed by atoms with Crippen LogP contribution in [0.25, 0.3) is 23.0 Å². The maximum Gasteiger partial charge on any atom is 0.274 e. The third-order valence-corrected chi connectivity index (χ3v) is 5.39. The predicted molar refractivity (Wildman–Crippen MR) is 106 cm³/mol. The van der Waals surface area contributed by atoms with Crippen molar-refractivity contribution in [1.29, 1.82) is 0 Å². The fourth-order valence-electron chi connectivity index (χ4n) is 3.46. The number of carbonyl (C=O) groups is 1. The average molecular weight is 429 g/mol. The number of nitrogens with zero attached hydrogens (tertiary/aromatic N) is 3. The van der Waals surface area contributed by atoms with Crippen LogP contribution in [0.1, 0.15) is 32.1 Å². The van der Waals surface area contributed by atoms with Gasteiger partial charge in [0.05, 0.1) is 0 Å². The van der Waals surface area contributed by atoms with Gasteiger partial charge >= 0.3 is 0 Å². The molecule has 0 radical (unpaired) electrons. The molecule has 0 spiro atoms. The number of hydrogen-bond donors (Lipinski definition) is 1. The first-order valence-electron chi connectivity index (χ1n) is 9.23. The van der Waals surface area contributed by atoms with E-state index in [0.29, 0.717) is 17.8 Å². The molecule has 27 heavy (non-hydrogen) atoms. The molecule has 7 heteroatoms. The van der Waals surface area contributed by atoms with Crippen LogP contribution < -0.4 is 5.32 Å². The first-order chi connectivity index (χ1) is 13.2. The van der Waals surface area contributed by atoms with E-state index in [2.05, 4.69) is 31.4 Å². The van der Waals surface area contributed by atoms with E-state index in [0.717, 1.165) is 28.6 Å². The summed E-state index contributed by atoms with van der Waals surface area (Å²) in [6.07, 6.45) is 7.67. The molecule has 0 aliphatic heterocycles. The number of carbonyl (C=O) groups excluding carboxylic acids is 1. The molecular formula is C20H21BrN4O2. The lowest BCUT2D eigenvalue weighted by Gasteiger charge is -2.23. The number of halogens is 1. The van der Waals surface area contributed by atoms with Crippen LogP contribution in [0.4, 0.5) is 0 Å². The van der Waals surface area contributed by atoms with Crippen molar-refractivity contribution in [3.05, 3.63) is 47.1 Å². The molecule has 4 rings (SSSR count). The average Bonchev–Trinajstić information content (AvgIpc) is 3.32. The van der Waals surface area contributed by atoms with E-state index in [1.807, 2.05) is 47.2 Å². The summed E-state index contributed by atoms with van der Waals surface area (Å²) in [6, 6.07) is 11.8. The minimum absolute atomic E-state index is 0.0204. The Balaban J connectivity index is 1.47. The van der Waals surface area contributed by atoms with Gasteiger partial charge in [-0.3, -0.25) is 4.79 Å². The van der Waals surface area contributed by atoms with Gasteiger partial charge in [0.1, 0.15) is 12.2 Å². The summed E-state index contributed by atoms with van der Waals surface area (Å²) >= 11 is 3.42. The first-order valence-corrected chi connectivity index (χ1v) is 10.0. The second-order valence-corrected chi connectivity index (χ2v) is 7.77. The highest BCUT2D eigenvalue weighted by Crippen LogP contribution is 2.24. The molecule has 1 amide bonds. The lowest BCUT2D eigenvalue weighted by atomic mass is 9.95. The summed E-state index contributed by atoms with van der Waals surface area (Å²) in [4.78, 5) is 16.9. The van der Waals surface area contributed by atoms with Gasteiger partial charge in [0.25, 0.3) is 5.89 Å². The van der Waals surface area contributed by atoms with Crippen LogP contribution in [0.2, 0.25) is 0 Å². The Hall–Kier alpha value is -2.41. The minimum atomic E-state index is 0.0204. The van der Waals surface area contributed by atoms with Crippen LogP contribution in [0.5, 0.6) is 0 Å². The molecule has 2 aromatic heterocycles. The Labute approximate surface area is 166 Å². The van der Waals surface area contributed by atoms with Gasteiger partial charge in [0.2, 0.25) is 11.7 Å². The Morgan fingerprint density at radius 2 is 1.96 bits per heavy atom. The zero-order valence-corrected chi connectivity index (χ0v) is 16.5. The van der Waals surface area contributed by atoms with Crippen molar-refractivity contribution < 1.29 is 9.32 Å². The molecule has 3 aromatic rings. The molecule has 0 saturated heterocycles. The largest absolute Gasteiger partial charge is 0.352 e. The summed E-state index contributed by atoms with van der Waals surface area (Å²) in [5, 5.41) is 7.21. The molecule has 0 unspecified atom stereocenters. The Kier molecular flexibility index (Phi) is 5.38. The molecule has 1 N–H and O–H groups in total. The lowest BCUT2D eigenvalue weighted by Crippen LogP contribution is -2.38. The number of aromatic nitrogens is 3. The molecule has 2 heterocycles. The molecule has 0 atom stereocenters. The second kappa shape index (κ2) is 8.08. The number of benzene rings is 1. The number of nitrogens with one attached hydrogen (secondary N) is 1. The van der Waals surface area contributed by atoms with Crippen molar-refractivity contribution >= 4 is 21.8 Å². The van der Waals surface area contributed by atoms with E-state index in [1.165, 1.54) is 19.3 Å². The third kappa shape index (κ3) is 4.30. The van der Waals surface area contributed by atoms with Gasteiger partial charge in [-0.15, -0.1) is 0 Å². The SMILES string of the molecule is O=C(Cn1cccc1-c1nc(-c2ccc(Br)cc2)no1)NC1CCCCC1. The van der Waals surface area contributed by atoms with Crippen LogP contribution in [0.15, 0.2) is 51.6 Å². The topological polar surface area (TPSA) is 73.0 Å². The monoisotopic (exact) mass is 428 g/mol. The molecule has 1 aliphatic rings. The highest BCUT2D eigenvalue weighted by atomic mass is 79.9. The van der Waals surface area contributed by atoms with E-state index in [-0.39, 0.29) is 12.5 Å². The molecule has 6 nitrogen and oxygen atoms in total. The van der Waals surface area contributed by atoms with Crippen LogP contribution in [0.3, 0.4) is 0 Å². The molecule has 1 aliphatic carbocycles. The standard InChI is InChI=1S/C20H21BrN4O2/c21-15-10-8-14(9-11-15)19-23-20(27-24-19)17-7-4-12-25(17)13-18(26)22-16-5-2-1-3-6-16/h4,7-12,16H,1-3,5-6,13H2,(H,22,26). The zero-order valence-electron chi connectivity index (χ0n) is 14.9. The van der Waals surface area contributed by atoms with Crippen molar-refractivity contribution in [3.63, 3.8) is 0 Å². The van der Waals surface area contributed by atoms with Gasteiger partial charge in [0, 0.05) is 22.3 Å². The maximum absolute atomic E-state index is 12.4. The predicted octanol–water partition coefficient (Wildman–Crippen LogP) is 4.42. The maximum atomic E-state index is 12.4. The molecular weight excluding hydrogens is 408 g/mol. The number of rotatable bonds is 5. The molecule has 1 fully saturated rings. The van der Waals surface area contributed by atoms with Crippen molar-refractivity contribution in [1.82, 2.24) is 20.0 Å². The summed E-state index contributed by atoms with van der Waals surface area (Å²) in [7, 11) is 0. The van der Waals surface area contributed by atoms with Crippen LogP contribution in [-0.2, 0) is 11.3 Å². The Morgan fingerprint density at radius 3 is 2.74 bits per heavy atom. The quantitative estimate of drug-likeness (QED) is 0.652. The van der Waals surface area contributed by atoms with Gasteiger partial charge in [-0.1, -0.05) is 40.3 Å². The zero-order chi connectivity index (χ0) is 18.6. The van der Waals surface area contributed by atoms with E-state index < -0.39 is 0 Å². The summed E-state index contributed by atoms with van der Waals surface area (Å²) in [5.74, 6) is 0.951. The van der Waals surface area contributed by atoms with E-state index in [1.54, 1.807) is 0 Å². The van der Waals surface area contributed by atoms with Crippen LogP contribution in [-0.4, -0.2) is 26.7 Å². The van der Waals surface area contributed by atoms with E-state index in [4.69, 9.17) is 4.52 Å². The summed E-state index contributed by atoms with van der Waals surface area (Å²) in [6.45, 7) is 0.245. The smallest absolute Gasteiger partial charge is 0.274 e. The second-order valence-electron chi connectivity index (χ2n) is 6.85. The van der Waals surface area contributed by atoms with E-state index >= 15 is 0 Å². The van der Waals surface area contributed by atoms with Crippen molar-refractivity contribution in [3.8, 4) is 23.0 Å². The lowest BCUT2D eigenvalue weighted by molar-refractivity contribution is -0.122. The van der Waals surface area contributed by atoms with Gasteiger partial charge in [-0.2, -0.15) is 4.98 Å². The highest BCUT2D eigenvalue weighted by molar-refractivity contribution is 9.10. The Morgan fingerprint density at radius 1 is 1.19 bits per heavy atom. The van der Waals surface area contributed by atoms with Gasteiger partial charge in [-0.25, -0.2) is 0 Å². The molecule has 140 valence electrons. The minimum Gasteiger partial charge on any atom is -0.352 e. The highest BCUT2D eigenvalue weighted by Gasteiger charge is 2.18. The molecule has 1 saturated carbocycles. The normalized spacial score (nSPS) is 15.0. The van der Waals surface area contributed by atoms with Crippen LogP contribution >= 0.6 is 15.9 Å². The van der Waals surface area contributed by atoms with E-state index in [9.17, 15) is 4.79 Å². The van der Waals surface area contributed by atoms with Crippen LogP contribution in [0, 0.1) is 0 Å². The summed E-state index contributed by atoms with van der Waals surface area (Å²) < 4.78 is 8.28. The van der Waals surface area contributed by atoms with Crippen molar-refractivity contribution in [2.24, 2.45) is 0 Å².